The van der Waals surface area contributed by atoms with Gasteiger partial charge >= 0.3 is 0 Å². The van der Waals surface area contributed by atoms with Gasteiger partial charge in [0.15, 0.2) is 0 Å². The summed E-state index contributed by atoms with van der Waals surface area (Å²) < 4.78 is 5.64. The highest BCUT2D eigenvalue weighted by Gasteiger charge is 1.96. The van der Waals surface area contributed by atoms with E-state index in [9.17, 15) is 4.79 Å². The fourth-order valence-corrected chi connectivity index (χ4v) is 2.27. The topological polar surface area (TPSA) is 26.3 Å². The Hall–Kier alpha value is -1.02. The zero-order valence-corrected chi connectivity index (χ0v) is 12.9. The summed E-state index contributed by atoms with van der Waals surface area (Å²) in [5.74, 6) is 0.960. The molecule has 0 aliphatic heterocycles. The maximum atomic E-state index is 10.5. The second kappa shape index (κ2) is 11.8. The molecule has 1 aromatic carbocycles. The molecule has 0 amide bonds. The molecule has 0 radical (unpaired) electrons. The van der Waals surface area contributed by atoms with Crippen LogP contribution in [-0.2, 0) is 4.79 Å². The standard InChI is InChI=1S/C17H25ClO2/c18-17(19)14-10-5-3-1-2-4-6-11-15-20-16-12-8-7-9-13-16/h7-9,12-13H,1-6,10-11,14-15H2. The van der Waals surface area contributed by atoms with Crippen LogP contribution in [-0.4, -0.2) is 11.8 Å². The van der Waals surface area contributed by atoms with E-state index in [2.05, 4.69) is 0 Å². The minimum Gasteiger partial charge on any atom is -0.494 e. The third-order valence-electron chi connectivity index (χ3n) is 3.28. The molecule has 1 rings (SSSR count). The molecule has 0 saturated heterocycles. The number of carbonyl (C=O) groups is 1. The van der Waals surface area contributed by atoms with Crippen LogP contribution in [0.4, 0.5) is 0 Å². The van der Waals surface area contributed by atoms with Crippen LogP contribution in [0.1, 0.15) is 57.8 Å². The Morgan fingerprint density at radius 1 is 0.850 bits per heavy atom. The van der Waals surface area contributed by atoms with Gasteiger partial charge in [0, 0.05) is 6.42 Å². The van der Waals surface area contributed by atoms with Gasteiger partial charge in [-0.1, -0.05) is 56.7 Å². The van der Waals surface area contributed by atoms with Crippen LogP contribution in [0.3, 0.4) is 0 Å². The molecule has 0 aliphatic carbocycles. The molecule has 112 valence electrons. The summed E-state index contributed by atoms with van der Waals surface area (Å²) in [7, 11) is 0. The molecule has 1 aromatic rings. The third kappa shape index (κ3) is 9.85. The monoisotopic (exact) mass is 296 g/mol. The molecule has 0 bridgehead atoms. The smallest absolute Gasteiger partial charge is 0.221 e. The number of ether oxygens (including phenoxy) is 1. The van der Waals surface area contributed by atoms with Gasteiger partial charge in [-0.15, -0.1) is 0 Å². The molecule has 0 spiro atoms. The Morgan fingerprint density at radius 2 is 1.40 bits per heavy atom. The Labute approximate surface area is 127 Å². The second-order valence-corrected chi connectivity index (χ2v) is 5.52. The van der Waals surface area contributed by atoms with Gasteiger partial charge in [-0.25, -0.2) is 0 Å². The summed E-state index contributed by atoms with van der Waals surface area (Å²) in [5, 5.41) is -0.205. The van der Waals surface area contributed by atoms with Crippen molar-refractivity contribution in [3.8, 4) is 5.75 Å². The van der Waals surface area contributed by atoms with Gasteiger partial charge in [-0.05, 0) is 36.6 Å². The lowest BCUT2D eigenvalue weighted by Crippen LogP contribution is -1.96. The van der Waals surface area contributed by atoms with Crippen molar-refractivity contribution in [3.05, 3.63) is 30.3 Å². The first-order valence-corrected chi connectivity index (χ1v) is 8.03. The summed E-state index contributed by atoms with van der Waals surface area (Å²) in [6.45, 7) is 0.807. The van der Waals surface area contributed by atoms with Crippen LogP contribution >= 0.6 is 11.6 Å². The SMILES string of the molecule is O=C(Cl)CCCCCCCCCCOc1ccccc1. The van der Waals surface area contributed by atoms with Crippen molar-refractivity contribution in [1.82, 2.24) is 0 Å². The summed E-state index contributed by atoms with van der Waals surface area (Å²) in [4.78, 5) is 10.5. The molecule has 0 N–H and O–H groups in total. The molecule has 0 aromatic heterocycles. The third-order valence-corrected chi connectivity index (χ3v) is 3.47. The van der Waals surface area contributed by atoms with Gasteiger partial charge in [0.1, 0.15) is 5.75 Å². The van der Waals surface area contributed by atoms with Gasteiger partial charge in [-0.3, -0.25) is 4.79 Å². The Kier molecular flexibility index (Phi) is 10.0. The van der Waals surface area contributed by atoms with E-state index in [4.69, 9.17) is 16.3 Å². The summed E-state index contributed by atoms with van der Waals surface area (Å²) in [6.07, 6.45) is 9.96. The molecule has 0 unspecified atom stereocenters. The van der Waals surface area contributed by atoms with Crippen molar-refractivity contribution in [2.75, 3.05) is 6.61 Å². The van der Waals surface area contributed by atoms with E-state index < -0.39 is 0 Å². The van der Waals surface area contributed by atoms with Gasteiger partial charge in [0.2, 0.25) is 5.24 Å². The summed E-state index contributed by atoms with van der Waals surface area (Å²) in [6, 6.07) is 9.97. The Morgan fingerprint density at radius 3 is 2.00 bits per heavy atom. The van der Waals surface area contributed by atoms with Gasteiger partial charge < -0.3 is 4.74 Å². The van der Waals surface area contributed by atoms with Crippen molar-refractivity contribution in [2.24, 2.45) is 0 Å². The van der Waals surface area contributed by atoms with Crippen LogP contribution < -0.4 is 4.74 Å². The van der Waals surface area contributed by atoms with E-state index in [0.717, 1.165) is 31.6 Å². The summed E-state index contributed by atoms with van der Waals surface area (Å²) in [5.41, 5.74) is 0. The van der Waals surface area contributed by atoms with Crippen molar-refractivity contribution in [2.45, 2.75) is 57.8 Å². The number of carbonyl (C=O) groups excluding carboxylic acids is 1. The minimum absolute atomic E-state index is 0.205. The highest BCUT2D eigenvalue weighted by Crippen LogP contribution is 2.12. The number of para-hydroxylation sites is 1. The molecule has 0 fully saturated rings. The number of halogens is 1. The first kappa shape index (κ1) is 17.0. The lowest BCUT2D eigenvalue weighted by molar-refractivity contribution is -0.111. The molecule has 0 heterocycles. The maximum absolute atomic E-state index is 10.5. The van der Waals surface area contributed by atoms with E-state index >= 15 is 0 Å². The molecular formula is C17H25ClO2. The average Bonchev–Trinajstić information content (AvgIpc) is 2.45. The normalized spacial score (nSPS) is 10.4. The number of unbranched alkanes of at least 4 members (excludes halogenated alkanes) is 7. The molecule has 0 aliphatic rings. The van der Waals surface area contributed by atoms with Crippen LogP contribution in [0.2, 0.25) is 0 Å². The van der Waals surface area contributed by atoms with Crippen LogP contribution in [0.5, 0.6) is 5.75 Å². The van der Waals surface area contributed by atoms with Crippen LogP contribution in [0.15, 0.2) is 30.3 Å². The van der Waals surface area contributed by atoms with Crippen LogP contribution in [0, 0.1) is 0 Å². The number of hydrogen-bond acceptors (Lipinski definition) is 2. The minimum atomic E-state index is -0.205. The van der Waals surface area contributed by atoms with Gasteiger partial charge in [0.05, 0.1) is 6.61 Å². The van der Waals surface area contributed by atoms with E-state index in [0.29, 0.717) is 6.42 Å². The molecule has 2 nitrogen and oxygen atoms in total. The average molecular weight is 297 g/mol. The fourth-order valence-electron chi connectivity index (χ4n) is 2.13. The lowest BCUT2D eigenvalue weighted by atomic mass is 10.1. The first-order chi connectivity index (χ1) is 9.79. The van der Waals surface area contributed by atoms with Crippen molar-refractivity contribution in [1.29, 1.82) is 0 Å². The second-order valence-electron chi connectivity index (χ2n) is 5.10. The fraction of sp³-hybridized carbons (Fsp3) is 0.588. The largest absolute Gasteiger partial charge is 0.494 e. The predicted molar refractivity (Wildman–Crippen MR) is 84.4 cm³/mol. The summed E-state index contributed by atoms with van der Waals surface area (Å²) >= 11 is 5.28. The molecule has 3 heteroatoms. The maximum Gasteiger partial charge on any atom is 0.221 e. The van der Waals surface area contributed by atoms with Gasteiger partial charge in [0.25, 0.3) is 0 Å². The Balaban J connectivity index is 1.80. The molecule has 20 heavy (non-hydrogen) atoms. The van der Waals surface area contributed by atoms with Gasteiger partial charge in [-0.2, -0.15) is 0 Å². The van der Waals surface area contributed by atoms with Crippen LogP contribution in [0.25, 0.3) is 0 Å². The van der Waals surface area contributed by atoms with E-state index in [-0.39, 0.29) is 5.24 Å². The van der Waals surface area contributed by atoms with Crippen molar-refractivity contribution in [3.63, 3.8) is 0 Å². The quantitative estimate of drug-likeness (QED) is 0.384. The van der Waals surface area contributed by atoms with E-state index in [1.165, 1.54) is 32.1 Å². The highest BCUT2D eigenvalue weighted by molar-refractivity contribution is 6.63. The zero-order chi connectivity index (χ0) is 14.5. The lowest BCUT2D eigenvalue weighted by Gasteiger charge is -2.05. The van der Waals surface area contributed by atoms with E-state index in [1.807, 2.05) is 30.3 Å². The molecular weight excluding hydrogens is 272 g/mol. The molecule has 0 atom stereocenters. The Bertz CT molecular complexity index is 351. The number of benzene rings is 1. The number of hydrogen-bond donors (Lipinski definition) is 0. The number of rotatable bonds is 12. The highest BCUT2D eigenvalue weighted by atomic mass is 35.5. The zero-order valence-electron chi connectivity index (χ0n) is 12.2. The van der Waals surface area contributed by atoms with Crippen molar-refractivity contribution < 1.29 is 9.53 Å². The predicted octanol–water partition coefficient (Wildman–Crippen LogP) is 5.34. The first-order valence-electron chi connectivity index (χ1n) is 7.65. The van der Waals surface area contributed by atoms with E-state index in [1.54, 1.807) is 0 Å². The van der Waals surface area contributed by atoms with Crippen molar-refractivity contribution >= 4 is 16.8 Å². The molecule has 0 saturated carbocycles.